The highest BCUT2D eigenvalue weighted by molar-refractivity contribution is 9.10. The first kappa shape index (κ1) is 21.1. The molecular weight excluding hydrogens is 454 g/mol. The summed E-state index contributed by atoms with van der Waals surface area (Å²) in [5, 5.41) is 6.86. The van der Waals surface area contributed by atoms with Gasteiger partial charge in [0.2, 0.25) is 10.6 Å². The van der Waals surface area contributed by atoms with Gasteiger partial charge in [-0.1, -0.05) is 28.1 Å². The van der Waals surface area contributed by atoms with E-state index in [9.17, 15) is 0 Å². The second kappa shape index (κ2) is 9.28. The lowest BCUT2D eigenvalue weighted by Gasteiger charge is -2.14. The summed E-state index contributed by atoms with van der Waals surface area (Å²) in [4.78, 5) is 5.16. The lowest BCUT2D eigenvalue weighted by molar-refractivity contribution is 0.324. The van der Waals surface area contributed by atoms with E-state index in [1.54, 1.807) is 28.4 Å². The molecule has 0 atom stereocenters. The number of halogens is 1. The highest BCUT2D eigenvalue weighted by Gasteiger charge is 2.17. The predicted octanol–water partition coefficient (Wildman–Crippen LogP) is 4.81. The molecule has 152 valence electrons. The normalized spacial score (nSPS) is 12.2. The van der Waals surface area contributed by atoms with Crippen LogP contribution in [0.3, 0.4) is 0 Å². The number of thiazole rings is 1. The van der Waals surface area contributed by atoms with Crippen molar-refractivity contribution >= 4 is 33.0 Å². The molecule has 0 aliphatic rings. The second-order valence-corrected chi connectivity index (χ2v) is 7.80. The van der Waals surface area contributed by atoms with E-state index in [0.717, 1.165) is 31.8 Å². The fourth-order valence-corrected chi connectivity index (χ4v) is 4.09. The summed E-state index contributed by atoms with van der Waals surface area (Å²) in [6.45, 7) is 1.98. The fraction of sp³-hybridized carbons (Fsp3) is 0.238. The molecule has 0 amide bonds. The van der Waals surface area contributed by atoms with Gasteiger partial charge >= 0.3 is 0 Å². The first-order chi connectivity index (χ1) is 14.0. The number of benzene rings is 2. The first-order valence-electron chi connectivity index (χ1n) is 8.77. The Kier molecular flexibility index (Phi) is 6.76. The van der Waals surface area contributed by atoms with E-state index in [4.69, 9.17) is 19.3 Å². The zero-order valence-corrected chi connectivity index (χ0v) is 19.3. The number of methoxy groups -OCH3 is 3. The van der Waals surface area contributed by atoms with Gasteiger partial charge in [-0.2, -0.15) is 5.10 Å². The van der Waals surface area contributed by atoms with Crippen molar-refractivity contribution in [3.63, 3.8) is 0 Å². The van der Waals surface area contributed by atoms with Gasteiger partial charge < -0.3 is 14.2 Å². The smallest absolute Gasteiger partial charge is 0.205 e. The molecule has 1 heterocycles. The zero-order valence-electron chi connectivity index (χ0n) is 16.9. The maximum Gasteiger partial charge on any atom is 0.205 e. The van der Waals surface area contributed by atoms with Crippen molar-refractivity contribution in [2.75, 3.05) is 28.4 Å². The number of rotatable bonds is 6. The van der Waals surface area contributed by atoms with Gasteiger partial charge in [0.25, 0.3) is 0 Å². The molecule has 6 nitrogen and oxygen atoms in total. The van der Waals surface area contributed by atoms with E-state index in [1.165, 1.54) is 11.3 Å². The first-order valence-corrected chi connectivity index (χ1v) is 10.4. The zero-order chi connectivity index (χ0) is 21.0. The van der Waals surface area contributed by atoms with E-state index in [-0.39, 0.29) is 0 Å². The second-order valence-electron chi connectivity index (χ2n) is 6.05. The molecule has 8 heteroatoms. The van der Waals surface area contributed by atoms with Crippen LogP contribution in [0.25, 0.3) is 11.3 Å². The Morgan fingerprint density at radius 2 is 1.72 bits per heavy atom. The molecule has 0 bridgehead atoms. The average Bonchev–Trinajstić information content (AvgIpc) is 3.14. The van der Waals surface area contributed by atoms with Crippen LogP contribution >= 0.6 is 27.3 Å². The number of aromatic nitrogens is 1. The molecule has 3 aromatic rings. The summed E-state index contributed by atoms with van der Waals surface area (Å²) >= 11 is 5.03. The number of hydrogen-bond donors (Lipinski definition) is 0. The number of nitrogens with zero attached hydrogens (tertiary/aromatic N) is 3. The van der Waals surface area contributed by atoms with Crippen molar-refractivity contribution in [1.29, 1.82) is 0 Å². The summed E-state index contributed by atoms with van der Waals surface area (Å²) in [7, 11) is 6.55. The maximum absolute atomic E-state index is 5.50. The monoisotopic (exact) mass is 475 g/mol. The number of ether oxygens (including phenoxy) is 3. The van der Waals surface area contributed by atoms with Crippen molar-refractivity contribution in [2.24, 2.45) is 10.1 Å². The largest absolute Gasteiger partial charge is 0.493 e. The molecule has 1 aromatic heterocycles. The Balaban J connectivity index is 2.19. The van der Waals surface area contributed by atoms with E-state index in [0.29, 0.717) is 17.2 Å². The van der Waals surface area contributed by atoms with Gasteiger partial charge in [0.15, 0.2) is 11.5 Å². The summed E-state index contributed by atoms with van der Waals surface area (Å²) in [6, 6.07) is 11.9. The van der Waals surface area contributed by atoms with E-state index in [2.05, 4.69) is 20.9 Å². The Bertz CT molecular complexity index is 1090. The molecule has 0 radical (unpaired) electrons. The summed E-state index contributed by atoms with van der Waals surface area (Å²) < 4.78 is 19.3. The third-order valence-electron chi connectivity index (χ3n) is 4.33. The molecule has 0 aliphatic heterocycles. The van der Waals surface area contributed by atoms with Crippen LogP contribution in [0.5, 0.6) is 17.2 Å². The average molecular weight is 476 g/mol. The van der Waals surface area contributed by atoms with Crippen LogP contribution in [0.1, 0.15) is 12.5 Å². The van der Waals surface area contributed by atoms with Gasteiger partial charge in [0.05, 0.1) is 32.7 Å². The lowest BCUT2D eigenvalue weighted by atomic mass is 10.1. The Labute approximate surface area is 182 Å². The molecule has 0 saturated carbocycles. The van der Waals surface area contributed by atoms with Crippen LogP contribution in [0.15, 0.2) is 56.3 Å². The van der Waals surface area contributed by atoms with Gasteiger partial charge in [-0.15, -0.1) is 11.3 Å². The van der Waals surface area contributed by atoms with E-state index < -0.39 is 0 Å². The molecule has 0 unspecified atom stereocenters. The molecule has 2 aromatic carbocycles. The highest BCUT2D eigenvalue weighted by Crippen LogP contribution is 2.41. The Hall–Kier alpha value is -2.58. The van der Waals surface area contributed by atoms with Crippen molar-refractivity contribution in [3.05, 3.63) is 56.6 Å². The van der Waals surface area contributed by atoms with Gasteiger partial charge in [-0.25, -0.2) is 4.68 Å². The number of hydrogen-bond acceptors (Lipinski definition) is 6. The van der Waals surface area contributed by atoms with Crippen LogP contribution in [0.2, 0.25) is 0 Å². The highest BCUT2D eigenvalue weighted by atomic mass is 79.9. The van der Waals surface area contributed by atoms with Crippen molar-refractivity contribution in [1.82, 2.24) is 4.68 Å². The molecule has 29 heavy (non-hydrogen) atoms. The van der Waals surface area contributed by atoms with Crippen LogP contribution in [0, 0.1) is 0 Å². The molecule has 0 saturated heterocycles. The van der Waals surface area contributed by atoms with Gasteiger partial charge in [-0.05, 0) is 36.8 Å². The molecule has 3 rings (SSSR count). The van der Waals surface area contributed by atoms with Gasteiger partial charge in [0, 0.05) is 22.5 Å². The third-order valence-corrected chi connectivity index (χ3v) is 5.73. The summed E-state index contributed by atoms with van der Waals surface area (Å²) in [6.07, 6.45) is 0. The molecule has 0 aliphatic carbocycles. The van der Waals surface area contributed by atoms with Gasteiger partial charge in [0.1, 0.15) is 0 Å². The lowest BCUT2D eigenvalue weighted by Crippen LogP contribution is -2.14. The Morgan fingerprint density at radius 3 is 2.28 bits per heavy atom. The molecule has 0 fully saturated rings. The minimum atomic E-state index is 0.551. The standard InChI is InChI=1S/C21H22BrN3O3S/c1-13(14-7-6-8-16(22)9-14)24-25-17(12-29-21(25)23-2)15-10-18(26-3)20(28-5)19(11-15)27-4/h6-12H,1-5H3. The van der Waals surface area contributed by atoms with Gasteiger partial charge in [-0.3, -0.25) is 4.99 Å². The topological polar surface area (TPSA) is 57.3 Å². The fourth-order valence-electron chi connectivity index (χ4n) is 2.90. The Morgan fingerprint density at radius 1 is 1.03 bits per heavy atom. The van der Waals surface area contributed by atoms with Crippen molar-refractivity contribution in [2.45, 2.75) is 6.92 Å². The maximum atomic E-state index is 5.50. The SMILES string of the molecule is CN=c1scc(-c2cc(OC)c(OC)c(OC)c2)n1N=C(C)c1cccc(Br)c1. The minimum absolute atomic E-state index is 0.551. The van der Waals surface area contributed by atoms with Crippen molar-refractivity contribution < 1.29 is 14.2 Å². The molecule has 0 spiro atoms. The summed E-state index contributed by atoms with van der Waals surface area (Å²) in [5.74, 6) is 1.72. The predicted molar refractivity (Wildman–Crippen MR) is 121 cm³/mol. The van der Waals surface area contributed by atoms with Crippen LogP contribution in [-0.4, -0.2) is 38.8 Å². The van der Waals surface area contributed by atoms with Crippen molar-refractivity contribution in [3.8, 4) is 28.5 Å². The van der Waals surface area contributed by atoms with Crippen LogP contribution < -0.4 is 19.0 Å². The van der Waals surface area contributed by atoms with Crippen LogP contribution in [0.4, 0.5) is 0 Å². The molecule has 0 N–H and O–H groups in total. The van der Waals surface area contributed by atoms with E-state index in [1.807, 2.05) is 53.4 Å². The quantitative estimate of drug-likeness (QED) is 0.480. The van der Waals surface area contributed by atoms with Crippen LogP contribution in [-0.2, 0) is 0 Å². The molecular formula is C21H22BrN3O3S. The van der Waals surface area contributed by atoms with E-state index >= 15 is 0 Å². The summed E-state index contributed by atoms with van der Waals surface area (Å²) in [5.41, 5.74) is 3.66. The minimum Gasteiger partial charge on any atom is -0.493 e. The third kappa shape index (κ3) is 4.38.